The van der Waals surface area contributed by atoms with Crippen molar-refractivity contribution in [3.05, 3.63) is 35.5 Å². The van der Waals surface area contributed by atoms with Crippen LogP contribution >= 0.6 is 0 Å². The average Bonchev–Trinajstić information content (AvgIpc) is 2.88. The van der Waals surface area contributed by atoms with E-state index in [2.05, 4.69) is 12.2 Å². The molecule has 0 radical (unpaired) electrons. The molecule has 1 heterocycles. The molecule has 0 aliphatic rings. The van der Waals surface area contributed by atoms with Gasteiger partial charge in [0, 0.05) is 23.9 Å². The van der Waals surface area contributed by atoms with E-state index in [4.69, 9.17) is 5.11 Å². The number of hydrogen-bond acceptors (Lipinski definition) is 3. The Morgan fingerprint density at radius 2 is 1.88 bits per heavy atom. The van der Waals surface area contributed by atoms with Crippen LogP contribution in [0.1, 0.15) is 48.7 Å². The van der Waals surface area contributed by atoms with Gasteiger partial charge in [0.25, 0.3) is 5.91 Å². The van der Waals surface area contributed by atoms with E-state index < -0.39 is 23.9 Å². The van der Waals surface area contributed by atoms with E-state index in [9.17, 15) is 19.5 Å². The van der Waals surface area contributed by atoms with Gasteiger partial charge in [0.2, 0.25) is 0 Å². The van der Waals surface area contributed by atoms with E-state index in [-0.39, 0.29) is 12.8 Å². The molecule has 3 N–H and O–H groups in total. The number of carboxylic acids is 2. The minimum absolute atomic E-state index is 0.162. The molecule has 0 saturated heterocycles. The molecule has 0 aliphatic carbocycles. The van der Waals surface area contributed by atoms with Crippen molar-refractivity contribution in [2.24, 2.45) is 0 Å². The number of carbonyl (C=O) groups excluding carboxylic acids is 1. The second-order valence-corrected chi connectivity index (χ2v) is 6.29. The maximum Gasteiger partial charge on any atom is 0.326 e. The van der Waals surface area contributed by atoms with E-state index >= 15 is 0 Å². The molecule has 1 aromatic carbocycles. The molecule has 0 fully saturated rings. The van der Waals surface area contributed by atoms with Crippen molar-refractivity contribution in [1.29, 1.82) is 0 Å². The molecular formula is C19H24N2O5. The van der Waals surface area contributed by atoms with Crippen LogP contribution in [0.3, 0.4) is 0 Å². The SMILES string of the molecule is CCCCn1c(C(=O)NC(CCC(=O)O)C(=O)O)c(C)c2ccccc21. The first kappa shape index (κ1) is 19.5. The standard InChI is InChI=1S/C19H24N2O5/c1-3-4-11-21-15-8-6-5-7-13(15)12(2)17(21)18(24)20-14(19(25)26)9-10-16(22)23/h5-8,14H,3-4,9-11H2,1-2H3,(H,20,24)(H,22,23)(H,25,26). The molecule has 0 spiro atoms. The number of fused-ring (bicyclic) bond motifs is 1. The maximum atomic E-state index is 12.8. The third kappa shape index (κ3) is 4.22. The van der Waals surface area contributed by atoms with Gasteiger partial charge in [0.15, 0.2) is 0 Å². The van der Waals surface area contributed by atoms with Crippen LogP contribution in [0.4, 0.5) is 0 Å². The summed E-state index contributed by atoms with van der Waals surface area (Å²) in [5.41, 5.74) is 2.15. The molecule has 0 aliphatic heterocycles. The van der Waals surface area contributed by atoms with Crippen LogP contribution in [0.15, 0.2) is 24.3 Å². The van der Waals surface area contributed by atoms with E-state index in [1.54, 1.807) is 0 Å². The summed E-state index contributed by atoms with van der Waals surface area (Å²) in [7, 11) is 0. The van der Waals surface area contributed by atoms with Gasteiger partial charge in [0.1, 0.15) is 11.7 Å². The number of aryl methyl sites for hydroxylation is 2. The Morgan fingerprint density at radius 3 is 2.50 bits per heavy atom. The monoisotopic (exact) mass is 360 g/mol. The summed E-state index contributed by atoms with van der Waals surface area (Å²) in [4.78, 5) is 34.9. The first-order valence-electron chi connectivity index (χ1n) is 8.70. The Morgan fingerprint density at radius 1 is 1.19 bits per heavy atom. The van der Waals surface area contributed by atoms with Crippen LogP contribution in [0, 0.1) is 6.92 Å². The fourth-order valence-electron chi connectivity index (χ4n) is 3.07. The summed E-state index contributed by atoms with van der Waals surface area (Å²) in [6.45, 7) is 4.55. The van der Waals surface area contributed by atoms with E-state index in [1.807, 2.05) is 35.8 Å². The topological polar surface area (TPSA) is 109 Å². The van der Waals surface area contributed by atoms with E-state index in [1.165, 1.54) is 0 Å². The predicted molar refractivity (Wildman–Crippen MR) is 97.3 cm³/mol. The Balaban J connectivity index is 2.37. The number of rotatable bonds is 9. The molecule has 1 unspecified atom stereocenters. The second kappa shape index (κ2) is 8.51. The lowest BCUT2D eigenvalue weighted by molar-refractivity contribution is -0.140. The number of aromatic nitrogens is 1. The van der Waals surface area contributed by atoms with Gasteiger partial charge in [-0.1, -0.05) is 31.5 Å². The van der Waals surface area contributed by atoms with E-state index in [0.29, 0.717) is 12.2 Å². The fourth-order valence-corrected chi connectivity index (χ4v) is 3.07. The summed E-state index contributed by atoms with van der Waals surface area (Å²) in [5.74, 6) is -2.83. The zero-order chi connectivity index (χ0) is 19.3. The van der Waals surface area contributed by atoms with Gasteiger partial charge in [-0.3, -0.25) is 9.59 Å². The van der Waals surface area contributed by atoms with Gasteiger partial charge in [-0.15, -0.1) is 0 Å². The number of nitrogens with one attached hydrogen (secondary N) is 1. The number of benzene rings is 1. The summed E-state index contributed by atoms with van der Waals surface area (Å²) in [6.07, 6.45) is 1.36. The second-order valence-electron chi connectivity index (χ2n) is 6.29. The quantitative estimate of drug-likeness (QED) is 0.637. The summed E-state index contributed by atoms with van der Waals surface area (Å²) in [5, 5.41) is 21.5. The fraction of sp³-hybridized carbons (Fsp3) is 0.421. The summed E-state index contributed by atoms with van der Waals surface area (Å²) in [6, 6.07) is 6.43. The third-order valence-corrected chi connectivity index (χ3v) is 4.42. The molecule has 1 atom stereocenters. The minimum atomic E-state index is -1.24. The van der Waals surface area contributed by atoms with Gasteiger partial charge in [-0.2, -0.15) is 0 Å². The highest BCUT2D eigenvalue weighted by atomic mass is 16.4. The Bertz CT molecular complexity index is 825. The third-order valence-electron chi connectivity index (χ3n) is 4.42. The summed E-state index contributed by atoms with van der Waals surface area (Å²) >= 11 is 0. The number of carboxylic acid groups (broad SMARTS) is 2. The molecular weight excluding hydrogens is 336 g/mol. The van der Waals surface area contributed by atoms with Crippen molar-refractivity contribution >= 4 is 28.7 Å². The molecule has 1 amide bonds. The molecule has 26 heavy (non-hydrogen) atoms. The number of nitrogens with zero attached hydrogens (tertiary/aromatic N) is 1. The molecule has 7 nitrogen and oxygen atoms in total. The van der Waals surface area contributed by atoms with Crippen LogP contribution in [-0.2, 0) is 16.1 Å². The Hall–Kier alpha value is -2.83. The maximum absolute atomic E-state index is 12.8. The highest BCUT2D eigenvalue weighted by Gasteiger charge is 2.25. The molecule has 140 valence electrons. The number of para-hydroxylation sites is 1. The number of aliphatic carboxylic acids is 2. The Kier molecular flexibility index (Phi) is 6.38. The van der Waals surface area contributed by atoms with Crippen molar-refractivity contribution in [3.8, 4) is 0 Å². The number of amides is 1. The van der Waals surface area contributed by atoms with Crippen molar-refractivity contribution in [3.63, 3.8) is 0 Å². The lowest BCUT2D eigenvalue weighted by atomic mass is 10.1. The molecule has 7 heteroatoms. The van der Waals surface area contributed by atoms with Crippen LogP contribution in [0.25, 0.3) is 10.9 Å². The molecule has 2 rings (SSSR count). The van der Waals surface area contributed by atoms with Gasteiger partial charge < -0.3 is 20.1 Å². The highest BCUT2D eigenvalue weighted by Crippen LogP contribution is 2.26. The first-order valence-corrected chi connectivity index (χ1v) is 8.70. The normalized spacial score (nSPS) is 12.1. The predicted octanol–water partition coefficient (Wildman–Crippen LogP) is 2.80. The number of unbranched alkanes of at least 4 members (excludes halogenated alkanes) is 1. The van der Waals surface area contributed by atoms with Gasteiger partial charge in [-0.25, -0.2) is 4.79 Å². The molecule has 1 aromatic heterocycles. The van der Waals surface area contributed by atoms with Gasteiger partial charge in [0.05, 0.1) is 0 Å². The van der Waals surface area contributed by atoms with E-state index in [0.717, 1.165) is 29.3 Å². The molecule has 0 saturated carbocycles. The molecule has 2 aromatic rings. The van der Waals surface area contributed by atoms with Crippen molar-refractivity contribution in [2.75, 3.05) is 0 Å². The summed E-state index contributed by atoms with van der Waals surface area (Å²) < 4.78 is 1.92. The average molecular weight is 360 g/mol. The molecule has 0 bridgehead atoms. The van der Waals surface area contributed by atoms with Crippen molar-refractivity contribution < 1.29 is 24.6 Å². The van der Waals surface area contributed by atoms with Crippen LogP contribution < -0.4 is 5.32 Å². The Labute approximate surface area is 151 Å². The van der Waals surface area contributed by atoms with Crippen molar-refractivity contribution in [1.82, 2.24) is 9.88 Å². The minimum Gasteiger partial charge on any atom is -0.481 e. The highest BCUT2D eigenvalue weighted by molar-refractivity contribution is 6.02. The van der Waals surface area contributed by atoms with Crippen LogP contribution in [-0.4, -0.2) is 38.7 Å². The number of hydrogen-bond donors (Lipinski definition) is 3. The van der Waals surface area contributed by atoms with Gasteiger partial charge >= 0.3 is 11.9 Å². The smallest absolute Gasteiger partial charge is 0.326 e. The van der Waals surface area contributed by atoms with Crippen LogP contribution in [0.5, 0.6) is 0 Å². The van der Waals surface area contributed by atoms with Crippen molar-refractivity contribution in [2.45, 2.75) is 52.1 Å². The lowest BCUT2D eigenvalue weighted by Gasteiger charge is -2.16. The lowest BCUT2D eigenvalue weighted by Crippen LogP contribution is -2.42. The van der Waals surface area contributed by atoms with Crippen LogP contribution in [0.2, 0.25) is 0 Å². The zero-order valence-electron chi connectivity index (χ0n) is 15.0. The zero-order valence-corrected chi connectivity index (χ0v) is 15.0. The number of carbonyl (C=O) groups is 3. The largest absolute Gasteiger partial charge is 0.481 e. The first-order chi connectivity index (χ1) is 12.4. The van der Waals surface area contributed by atoms with Gasteiger partial charge in [-0.05, 0) is 31.4 Å².